The summed E-state index contributed by atoms with van der Waals surface area (Å²) >= 11 is 0. The summed E-state index contributed by atoms with van der Waals surface area (Å²) in [6, 6.07) is 7.86. The van der Waals surface area contributed by atoms with E-state index in [0.29, 0.717) is 17.0 Å². The highest BCUT2D eigenvalue weighted by Crippen LogP contribution is 2.22. The molecular formula is C16H15F2NO3. The summed E-state index contributed by atoms with van der Waals surface area (Å²) in [7, 11) is 1.48. The fraction of sp³-hybridized carbons (Fsp3) is 0.188. The van der Waals surface area contributed by atoms with Crippen LogP contribution in [0.4, 0.5) is 14.5 Å². The SMILES string of the molecule is COc1ccc(NC(=O)Cc2ccc(F)cc2F)cc1CO. The smallest absolute Gasteiger partial charge is 0.228 e. The zero-order valence-corrected chi connectivity index (χ0v) is 11.9. The van der Waals surface area contributed by atoms with Gasteiger partial charge in [-0.2, -0.15) is 0 Å². The number of rotatable bonds is 5. The number of carbonyl (C=O) groups is 1. The van der Waals surface area contributed by atoms with E-state index in [1.54, 1.807) is 18.2 Å². The van der Waals surface area contributed by atoms with E-state index in [4.69, 9.17) is 4.74 Å². The van der Waals surface area contributed by atoms with Crippen molar-refractivity contribution in [2.45, 2.75) is 13.0 Å². The van der Waals surface area contributed by atoms with E-state index >= 15 is 0 Å². The van der Waals surface area contributed by atoms with Crippen LogP contribution >= 0.6 is 0 Å². The van der Waals surface area contributed by atoms with Gasteiger partial charge in [0.25, 0.3) is 0 Å². The Bertz CT molecular complexity index is 689. The third-order valence-electron chi connectivity index (χ3n) is 3.10. The van der Waals surface area contributed by atoms with Crippen LogP contribution in [0.5, 0.6) is 5.75 Å². The predicted molar refractivity (Wildman–Crippen MR) is 77.6 cm³/mol. The highest BCUT2D eigenvalue weighted by Gasteiger charge is 2.11. The number of amides is 1. The van der Waals surface area contributed by atoms with E-state index in [0.717, 1.165) is 12.1 Å². The van der Waals surface area contributed by atoms with Crippen LogP contribution in [0.2, 0.25) is 0 Å². The molecule has 6 heteroatoms. The fourth-order valence-electron chi connectivity index (χ4n) is 2.02. The van der Waals surface area contributed by atoms with Gasteiger partial charge in [-0.15, -0.1) is 0 Å². The normalized spacial score (nSPS) is 10.4. The van der Waals surface area contributed by atoms with Gasteiger partial charge in [-0.25, -0.2) is 8.78 Å². The van der Waals surface area contributed by atoms with Crippen molar-refractivity contribution in [3.8, 4) is 5.75 Å². The minimum atomic E-state index is -0.763. The average Bonchev–Trinajstić information content (AvgIpc) is 2.50. The molecule has 0 saturated heterocycles. The molecule has 2 N–H and O–H groups in total. The van der Waals surface area contributed by atoms with Crippen molar-refractivity contribution < 1.29 is 23.4 Å². The van der Waals surface area contributed by atoms with Crippen LogP contribution in [0.3, 0.4) is 0 Å². The number of halogens is 2. The van der Waals surface area contributed by atoms with Gasteiger partial charge < -0.3 is 15.2 Å². The third-order valence-corrected chi connectivity index (χ3v) is 3.10. The van der Waals surface area contributed by atoms with Gasteiger partial charge in [-0.1, -0.05) is 6.07 Å². The summed E-state index contributed by atoms with van der Waals surface area (Å²) in [6.45, 7) is -0.237. The number of hydrogen-bond donors (Lipinski definition) is 2. The van der Waals surface area contributed by atoms with E-state index < -0.39 is 17.5 Å². The van der Waals surface area contributed by atoms with Crippen LogP contribution in [-0.2, 0) is 17.8 Å². The van der Waals surface area contributed by atoms with E-state index in [1.165, 1.54) is 13.2 Å². The number of ether oxygens (including phenoxy) is 1. The molecule has 4 nitrogen and oxygen atoms in total. The second kappa shape index (κ2) is 7.00. The third kappa shape index (κ3) is 3.79. The van der Waals surface area contributed by atoms with Gasteiger partial charge in [0.05, 0.1) is 20.1 Å². The van der Waals surface area contributed by atoms with Gasteiger partial charge in [0.15, 0.2) is 0 Å². The molecule has 1 amide bonds. The fourth-order valence-corrected chi connectivity index (χ4v) is 2.02. The van der Waals surface area contributed by atoms with Crippen LogP contribution in [0, 0.1) is 11.6 Å². The average molecular weight is 307 g/mol. The number of hydrogen-bond acceptors (Lipinski definition) is 3. The van der Waals surface area contributed by atoms with Crippen molar-refractivity contribution >= 4 is 11.6 Å². The molecule has 0 fully saturated rings. The minimum Gasteiger partial charge on any atom is -0.496 e. The molecular weight excluding hydrogens is 292 g/mol. The van der Waals surface area contributed by atoms with Gasteiger partial charge in [-0.05, 0) is 29.8 Å². The molecule has 0 aromatic heterocycles. The number of methoxy groups -OCH3 is 1. The van der Waals surface area contributed by atoms with E-state index in [9.17, 15) is 18.7 Å². The highest BCUT2D eigenvalue weighted by atomic mass is 19.1. The summed E-state index contributed by atoms with van der Waals surface area (Å²) in [4.78, 5) is 11.9. The van der Waals surface area contributed by atoms with Crippen molar-refractivity contribution in [2.75, 3.05) is 12.4 Å². The topological polar surface area (TPSA) is 58.6 Å². The molecule has 0 radical (unpaired) electrons. The molecule has 0 aliphatic rings. The summed E-state index contributed by atoms with van der Waals surface area (Å²) < 4.78 is 31.4. The molecule has 2 aromatic rings. The maximum atomic E-state index is 13.5. The molecule has 0 atom stereocenters. The predicted octanol–water partition coefficient (Wildman–Crippen LogP) is 2.65. The van der Waals surface area contributed by atoms with Crippen LogP contribution in [0.15, 0.2) is 36.4 Å². The number of anilines is 1. The van der Waals surface area contributed by atoms with Gasteiger partial charge in [0.2, 0.25) is 5.91 Å². The first kappa shape index (κ1) is 15.9. The molecule has 0 heterocycles. The molecule has 116 valence electrons. The Labute approximate surface area is 126 Å². The van der Waals surface area contributed by atoms with Crippen molar-refractivity contribution in [2.24, 2.45) is 0 Å². The van der Waals surface area contributed by atoms with E-state index in [-0.39, 0.29) is 18.6 Å². The van der Waals surface area contributed by atoms with Crippen molar-refractivity contribution in [3.05, 3.63) is 59.2 Å². The number of nitrogens with one attached hydrogen (secondary N) is 1. The molecule has 0 aliphatic heterocycles. The summed E-state index contributed by atoms with van der Waals surface area (Å²) in [5.74, 6) is -1.39. The van der Waals surface area contributed by atoms with Crippen LogP contribution in [0.1, 0.15) is 11.1 Å². The number of aliphatic hydroxyl groups is 1. The molecule has 22 heavy (non-hydrogen) atoms. The van der Waals surface area contributed by atoms with Gasteiger partial charge >= 0.3 is 0 Å². The molecule has 2 rings (SSSR count). The van der Waals surface area contributed by atoms with Crippen molar-refractivity contribution in [3.63, 3.8) is 0 Å². The zero-order valence-electron chi connectivity index (χ0n) is 11.9. The van der Waals surface area contributed by atoms with Crippen LogP contribution < -0.4 is 10.1 Å². The largest absolute Gasteiger partial charge is 0.496 e. The first-order chi connectivity index (χ1) is 10.5. The summed E-state index contributed by atoms with van der Waals surface area (Å²) in [5.41, 5.74) is 1.08. The zero-order chi connectivity index (χ0) is 16.1. The highest BCUT2D eigenvalue weighted by molar-refractivity contribution is 5.92. The Morgan fingerprint density at radius 2 is 1.95 bits per heavy atom. The Morgan fingerprint density at radius 1 is 1.18 bits per heavy atom. The quantitative estimate of drug-likeness (QED) is 0.893. The Kier molecular flexibility index (Phi) is 5.06. The molecule has 0 bridgehead atoms. The molecule has 0 unspecified atom stereocenters. The number of benzene rings is 2. The maximum Gasteiger partial charge on any atom is 0.228 e. The maximum absolute atomic E-state index is 13.5. The lowest BCUT2D eigenvalue weighted by molar-refractivity contribution is -0.115. The molecule has 0 aliphatic carbocycles. The Hall–Kier alpha value is -2.47. The minimum absolute atomic E-state index is 0.106. The van der Waals surface area contributed by atoms with Gasteiger partial charge in [0, 0.05) is 17.3 Å². The lowest BCUT2D eigenvalue weighted by Crippen LogP contribution is -2.15. The second-order valence-corrected chi connectivity index (χ2v) is 4.65. The van der Waals surface area contributed by atoms with E-state index in [2.05, 4.69) is 5.32 Å². The second-order valence-electron chi connectivity index (χ2n) is 4.65. The standard InChI is InChI=1S/C16H15F2NO3/c1-22-15-5-4-13(6-11(15)9-20)19-16(21)7-10-2-3-12(17)8-14(10)18/h2-6,8,20H,7,9H2,1H3,(H,19,21). The first-order valence-corrected chi connectivity index (χ1v) is 6.55. The van der Waals surface area contributed by atoms with E-state index in [1.807, 2.05) is 0 Å². The van der Waals surface area contributed by atoms with Gasteiger partial charge in [-0.3, -0.25) is 4.79 Å². The van der Waals surface area contributed by atoms with Crippen LogP contribution in [0.25, 0.3) is 0 Å². The number of carbonyl (C=O) groups excluding carboxylic acids is 1. The lowest BCUT2D eigenvalue weighted by Gasteiger charge is -2.10. The lowest BCUT2D eigenvalue weighted by atomic mass is 10.1. The summed E-state index contributed by atoms with van der Waals surface area (Å²) in [5, 5.41) is 11.8. The van der Waals surface area contributed by atoms with Crippen molar-refractivity contribution in [1.82, 2.24) is 0 Å². The molecule has 0 saturated carbocycles. The monoisotopic (exact) mass is 307 g/mol. The first-order valence-electron chi connectivity index (χ1n) is 6.55. The van der Waals surface area contributed by atoms with Crippen LogP contribution in [-0.4, -0.2) is 18.1 Å². The Balaban J connectivity index is 2.08. The van der Waals surface area contributed by atoms with Crippen molar-refractivity contribution in [1.29, 1.82) is 0 Å². The number of aliphatic hydroxyl groups excluding tert-OH is 1. The Morgan fingerprint density at radius 3 is 2.59 bits per heavy atom. The molecule has 2 aromatic carbocycles. The van der Waals surface area contributed by atoms with Gasteiger partial charge in [0.1, 0.15) is 17.4 Å². The summed E-state index contributed by atoms with van der Waals surface area (Å²) in [6.07, 6.45) is -0.216. The molecule has 0 spiro atoms.